The van der Waals surface area contributed by atoms with Gasteiger partial charge in [0.15, 0.2) is 0 Å². The number of alkyl halides is 3. The van der Waals surface area contributed by atoms with E-state index in [1.165, 1.54) is 12.4 Å². The molecule has 1 saturated heterocycles. The average molecular weight is 595 g/mol. The molecule has 11 nitrogen and oxygen atoms in total. The summed E-state index contributed by atoms with van der Waals surface area (Å²) in [5, 5.41) is 18.3. The molecule has 226 valence electrons. The zero-order chi connectivity index (χ0) is 30.0. The molecule has 1 aliphatic carbocycles. The fourth-order valence-electron chi connectivity index (χ4n) is 6.10. The average Bonchev–Trinajstić information content (AvgIpc) is 3.65. The molecule has 2 fully saturated rings. The lowest BCUT2D eigenvalue weighted by Crippen LogP contribution is -2.65. The number of halogens is 3. The van der Waals surface area contributed by atoms with Crippen LogP contribution in [0.4, 0.5) is 13.2 Å². The molecule has 2 aliphatic rings. The van der Waals surface area contributed by atoms with E-state index in [0.717, 1.165) is 41.6 Å². The van der Waals surface area contributed by atoms with Crippen molar-refractivity contribution in [1.29, 1.82) is 5.26 Å². The lowest BCUT2D eigenvalue weighted by atomic mass is 9.82. The van der Waals surface area contributed by atoms with E-state index in [4.69, 9.17) is 4.74 Å². The number of hydrogen-bond acceptors (Lipinski definition) is 9. The van der Waals surface area contributed by atoms with Gasteiger partial charge >= 0.3 is 6.18 Å². The van der Waals surface area contributed by atoms with Gasteiger partial charge in [-0.25, -0.2) is 15.0 Å². The number of nitrogens with one attached hydrogen (secondary N) is 2. The summed E-state index contributed by atoms with van der Waals surface area (Å²) >= 11 is 0. The predicted octanol–water partition coefficient (Wildman–Crippen LogP) is 4.44. The summed E-state index contributed by atoms with van der Waals surface area (Å²) in [7, 11) is 0. The van der Waals surface area contributed by atoms with Crippen molar-refractivity contribution >= 4 is 11.0 Å². The molecule has 2 N–H and O–H groups in total. The smallest absolute Gasteiger partial charge is 0.451 e. The number of hydrogen-bond donors (Lipinski definition) is 2. The largest absolute Gasteiger partial charge is 0.474 e. The Bertz CT molecular complexity index is 1600. The van der Waals surface area contributed by atoms with Gasteiger partial charge in [-0.2, -0.15) is 28.5 Å². The highest BCUT2D eigenvalue weighted by Crippen LogP contribution is 2.39. The normalized spacial score (nSPS) is 20.5. The van der Waals surface area contributed by atoms with E-state index in [2.05, 4.69) is 46.3 Å². The Hall–Kier alpha value is -4.09. The molecule has 0 atom stereocenters. The van der Waals surface area contributed by atoms with Gasteiger partial charge in [-0.05, 0) is 44.7 Å². The Labute approximate surface area is 246 Å². The van der Waals surface area contributed by atoms with Gasteiger partial charge in [-0.15, -0.1) is 0 Å². The molecule has 43 heavy (non-hydrogen) atoms. The predicted molar refractivity (Wildman–Crippen MR) is 151 cm³/mol. The maximum Gasteiger partial charge on any atom is 0.451 e. The highest BCUT2D eigenvalue weighted by atomic mass is 19.4. The summed E-state index contributed by atoms with van der Waals surface area (Å²) < 4.78 is 48.2. The van der Waals surface area contributed by atoms with Crippen LogP contribution in [0.1, 0.15) is 57.0 Å². The van der Waals surface area contributed by atoms with Crippen molar-refractivity contribution in [3.05, 3.63) is 48.6 Å². The first-order valence-corrected chi connectivity index (χ1v) is 14.5. The first-order valence-electron chi connectivity index (χ1n) is 14.5. The summed E-state index contributed by atoms with van der Waals surface area (Å²) in [6, 6.07) is 6.07. The molecule has 0 aromatic carbocycles. The quantitative estimate of drug-likeness (QED) is 0.256. The van der Waals surface area contributed by atoms with Crippen LogP contribution in [0.15, 0.2) is 37.1 Å². The van der Waals surface area contributed by atoms with Gasteiger partial charge in [-0.3, -0.25) is 9.58 Å². The number of fused-ring (bicyclic) bond motifs is 1. The first-order chi connectivity index (χ1) is 20.8. The third-order valence-electron chi connectivity index (χ3n) is 8.29. The third-order valence-corrected chi connectivity index (χ3v) is 8.29. The lowest BCUT2D eigenvalue weighted by Gasteiger charge is -2.53. The molecule has 1 saturated carbocycles. The number of H-pyrrole nitrogens is 1. The van der Waals surface area contributed by atoms with Gasteiger partial charge in [-0.1, -0.05) is 6.92 Å². The van der Waals surface area contributed by atoms with Gasteiger partial charge < -0.3 is 15.0 Å². The van der Waals surface area contributed by atoms with E-state index in [9.17, 15) is 18.4 Å². The molecular formula is C29H33F3N10O. The van der Waals surface area contributed by atoms with E-state index in [1.807, 2.05) is 30.1 Å². The first kappa shape index (κ1) is 29.0. The fourth-order valence-corrected chi connectivity index (χ4v) is 6.10. The minimum atomic E-state index is -4.65. The Morgan fingerprint density at radius 1 is 1.19 bits per heavy atom. The third kappa shape index (κ3) is 6.05. The van der Waals surface area contributed by atoms with E-state index < -0.39 is 17.5 Å². The van der Waals surface area contributed by atoms with Crippen LogP contribution in [0, 0.1) is 11.3 Å². The van der Waals surface area contributed by atoms with E-state index >= 15 is 0 Å². The van der Waals surface area contributed by atoms with Crippen LogP contribution in [-0.2, 0) is 18.3 Å². The van der Waals surface area contributed by atoms with Crippen LogP contribution in [0.5, 0.6) is 5.88 Å². The molecule has 0 spiro atoms. The Kier molecular flexibility index (Phi) is 8.02. The van der Waals surface area contributed by atoms with Gasteiger partial charge in [0, 0.05) is 55.1 Å². The minimum absolute atomic E-state index is 0.0360. The van der Waals surface area contributed by atoms with Crippen LogP contribution in [-0.4, -0.2) is 71.4 Å². The van der Waals surface area contributed by atoms with Crippen LogP contribution in [0.3, 0.4) is 0 Å². The van der Waals surface area contributed by atoms with Crippen molar-refractivity contribution in [2.75, 3.05) is 19.6 Å². The van der Waals surface area contributed by atoms with E-state index in [0.29, 0.717) is 44.9 Å². The number of aromatic amines is 1. The number of likely N-dealkylation sites (tertiary alicyclic amines) is 1. The molecule has 0 amide bonds. The molecule has 14 heteroatoms. The molecule has 4 aromatic heterocycles. The summed E-state index contributed by atoms with van der Waals surface area (Å²) in [5.41, 5.74) is 2.23. The molecule has 0 unspecified atom stereocenters. The topological polar surface area (TPSA) is 133 Å². The van der Waals surface area contributed by atoms with Crippen molar-refractivity contribution in [2.45, 2.75) is 75.9 Å². The minimum Gasteiger partial charge on any atom is -0.474 e. The van der Waals surface area contributed by atoms with Gasteiger partial charge in [0.2, 0.25) is 11.7 Å². The summed E-state index contributed by atoms with van der Waals surface area (Å²) in [6.45, 7) is 4.26. The van der Waals surface area contributed by atoms with Crippen molar-refractivity contribution in [1.82, 2.24) is 44.9 Å². The van der Waals surface area contributed by atoms with Crippen molar-refractivity contribution in [3.8, 4) is 23.2 Å². The van der Waals surface area contributed by atoms with Crippen LogP contribution >= 0.6 is 0 Å². The monoisotopic (exact) mass is 594 g/mol. The van der Waals surface area contributed by atoms with Crippen LogP contribution in [0.25, 0.3) is 22.3 Å². The number of aromatic nitrogens is 7. The number of nitrogens with zero attached hydrogens (tertiary/aromatic N) is 8. The zero-order valence-corrected chi connectivity index (χ0v) is 23.8. The van der Waals surface area contributed by atoms with Crippen molar-refractivity contribution in [3.63, 3.8) is 0 Å². The molecule has 6 rings (SSSR count). The maximum atomic E-state index is 13.4. The molecule has 4 aromatic rings. The van der Waals surface area contributed by atoms with Crippen LogP contribution in [0.2, 0.25) is 0 Å². The summed E-state index contributed by atoms with van der Waals surface area (Å²) in [6.07, 6.45) is 6.48. The fraction of sp³-hybridized carbons (Fsp3) is 0.517. The Morgan fingerprint density at radius 2 is 2.00 bits per heavy atom. The molecule has 1 aliphatic heterocycles. The molecule has 0 bridgehead atoms. The number of ether oxygens (including phenoxy) is 1. The molecular weight excluding hydrogens is 561 g/mol. The van der Waals surface area contributed by atoms with E-state index in [1.54, 1.807) is 6.20 Å². The van der Waals surface area contributed by atoms with Gasteiger partial charge in [0.05, 0.1) is 30.1 Å². The van der Waals surface area contributed by atoms with Crippen LogP contribution < -0.4 is 10.1 Å². The number of rotatable bonds is 10. The van der Waals surface area contributed by atoms with Crippen molar-refractivity contribution in [2.24, 2.45) is 0 Å². The molecule has 0 radical (unpaired) electrons. The number of nitriles is 1. The maximum absolute atomic E-state index is 13.4. The SMILES string of the molecule is CCCNCc1cc(OC2CCC(N3CC(CC#N)(n4cc(-c5ncnc6[nH]ccc56)cn4)C3)CC2)nc(C(F)(F)F)n1. The zero-order valence-electron chi connectivity index (χ0n) is 23.8. The summed E-state index contributed by atoms with van der Waals surface area (Å²) in [4.78, 5) is 21.5. The molecule has 5 heterocycles. The standard InChI is InChI=1S/C29H33F3N10O/c1-2-10-34-14-20-12-24(40-27(39-20)29(30,31)32)43-22-5-3-21(4-6-22)41-16-28(17-41,8-9-33)42-15-19(13-38-42)25-23-7-11-35-26(23)37-18-36-25/h7,11-13,15,18,21-22,34H,2-6,8,10,14,16-17H2,1H3,(H,35,36,37). The second kappa shape index (κ2) is 11.9. The highest BCUT2D eigenvalue weighted by Gasteiger charge is 2.48. The Morgan fingerprint density at radius 3 is 2.74 bits per heavy atom. The second-order valence-corrected chi connectivity index (χ2v) is 11.3. The van der Waals surface area contributed by atoms with E-state index in [-0.39, 0.29) is 24.2 Å². The lowest BCUT2D eigenvalue weighted by molar-refractivity contribution is -0.145. The summed E-state index contributed by atoms with van der Waals surface area (Å²) in [5.74, 6) is -1.22. The van der Waals surface area contributed by atoms with Crippen molar-refractivity contribution < 1.29 is 17.9 Å². The van der Waals surface area contributed by atoms with Gasteiger partial charge in [0.1, 0.15) is 23.6 Å². The second-order valence-electron chi connectivity index (χ2n) is 11.3. The van der Waals surface area contributed by atoms with Gasteiger partial charge in [0.25, 0.3) is 0 Å². The highest BCUT2D eigenvalue weighted by molar-refractivity contribution is 5.90. The Balaban J connectivity index is 1.08.